The Bertz CT molecular complexity index is 487. The van der Waals surface area contributed by atoms with Gasteiger partial charge in [-0.25, -0.2) is 0 Å². The van der Waals surface area contributed by atoms with Crippen molar-refractivity contribution in [3.05, 3.63) is 24.0 Å². The Balaban J connectivity index is 2.20. The molecule has 0 aromatic carbocycles. The van der Waals surface area contributed by atoms with E-state index in [2.05, 4.69) is 4.98 Å². The molecule has 102 valence electrons. The van der Waals surface area contributed by atoms with Crippen LogP contribution in [0.3, 0.4) is 0 Å². The summed E-state index contributed by atoms with van der Waals surface area (Å²) in [5.41, 5.74) is 0.255. The van der Waals surface area contributed by atoms with E-state index in [1.807, 2.05) is 0 Å². The molecular formula is C14H18N2O3. The molecule has 1 aliphatic heterocycles. The van der Waals surface area contributed by atoms with E-state index in [1.165, 1.54) is 18.5 Å². The SMILES string of the molecule is CC(=O)CC1CCCCN1C(=O)c1ccncc1O. The van der Waals surface area contributed by atoms with Gasteiger partial charge >= 0.3 is 0 Å². The third-order valence-electron chi connectivity index (χ3n) is 3.44. The van der Waals surface area contributed by atoms with Crippen LogP contribution in [0.5, 0.6) is 5.75 Å². The largest absolute Gasteiger partial charge is 0.505 e. The van der Waals surface area contributed by atoms with Crippen LogP contribution in [0.25, 0.3) is 0 Å². The zero-order chi connectivity index (χ0) is 13.8. The lowest BCUT2D eigenvalue weighted by Gasteiger charge is -2.35. The fourth-order valence-electron chi connectivity index (χ4n) is 2.53. The first-order valence-corrected chi connectivity index (χ1v) is 6.53. The van der Waals surface area contributed by atoms with Crippen LogP contribution in [0.4, 0.5) is 0 Å². The standard InChI is InChI=1S/C14H18N2O3/c1-10(17)8-11-4-2-3-7-16(11)14(19)12-5-6-15-9-13(12)18/h5-6,9,11,18H,2-4,7-8H2,1H3. The van der Waals surface area contributed by atoms with Crippen LogP contribution in [0.1, 0.15) is 43.0 Å². The number of aromatic hydroxyl groups is 1. The molecule has 0 aliphatic carbocycles. The number of hydrogen-bond acceptors (Lipinski definition) is 4. The summed E-state index contributed by atoms with van der Waals surface area (Å²) < 4.78 is 0. The maximum absolute atomic E-state index is 12.4. The van der Waals surface area contributed by atoms with Crippen LogP contribution in [-0.2, 0) is 4.79 Å². The maximum atomic E-state index is 12.4. The number of hydrogen-bond donors (Lipinski definition) is 1. The lowest BCUT2D eigenvalue weighted by molar-refractivity contribution is -0.118. The van der Waals surface area contributed by atoms with Gasteiger partial charge in [-0.05, 0) is 32.3 Å². The summed E-state index contributed by atoms with van der Waals surface area (Å²) in [6.45, 7) is 2.18. The van der Waals surface area contributed by atoms with Crippen LogP contribution in [0, 0.1) is 0 Å². The lowest BCUT2D eigenvalue weighted by Crippen LogP contribution is -2.44. The number of aromatic nitrogens is 1. The number of Topliss-reactive ketones (excluding diaryl/α,β-unsaturated/α-hetero) is 1. The molecule has 0 saturated carbocycles. The Morgan fingerprint density at radius 3 is 2.95 bits per heavy atom. The first kappa shape index (κ1) is 13.5. The average molecular weight is 262 g/mol. The van der Waals surface area contributed by atoms with Gasteiger partial charge in [-0.15, -0.1) is 0 Å². The minimum absolute atomic E-state index is 0.0497. The zero-order valence-corrected chi connectivity index (χ0v) is 11.0. The van der Waals surface area contributed by atoms with Crippen molar-refractivity contribution in [2.45, 2.75) is 38.6 Å². The molecule has 1 N–H and O–H groups in total. The number of carbonyl (C=O) groups excluding carboxylic acids is 2. The van der Waals surface area contributed by atoms with E-state index >= 15 is 0 Å². The number of rotatable bonds is 3. The molecule has 5 heteroatoms. The van der Waals surface area contributed by atoms with Gasteiger partial charge < -0.3 is 10.0 Å². The molecule has 0 bridgehead atoms. The first-order chi connectivity index (χ1) is 9.09. The quantitative estimate of drug-likeness (QED) is 0.901. The Labute approximate surface area is 112 Å². The van der Waals surface area contributed by atoms with Crippen molar-refractivity contribution in [3.63, 3.8) is 0 Å². The Kier molecular flexibility index (Phi) is 4.14. The Hall–Kier alpha value is -1.91. The van der Waals surface area contributed by atoms with Crippen molar-refractivity contribution in [1.82, 2.24) is 9.88 Å². The number of carbonyl (C=O) groups is 2. The van der Waals surface area contributed by atoms with Gasteiger partial charge in [-0.3, -0.25) is 14.6 Å². The van der Waals surface area contributed by atoms with E-state index in [0.29, 0.717) is 13.0 Å². The number of pyridine rings is 1. The topological polar surface area (TPSA) is 70.5 Å². The fourth-order valence-corrected chi connectivity index (χ4v) is 2.53. The molecule has 1 saturated heterocycles. The highest BCUT2D eigenvalue weighted by atomic mass is 16.3. The summed E-state index contributed by atoms with van der Waals surface area (Å²) >= 11 is 0. The van der Waals surface area contributed by atoms with Gasteiger partial charge in [0.25, 0.3) is 5.91 Å². The van der Waals surface area contributed by atoms with Gasteiger partial charge in [-0.2, -0.15) is 0 Å². The summed E-state index contributed by atoms with van der Waals surface area (Å²) in [4.78, 5) is 29.2. The van der Waals surface area contributed by atoms with Crippen molar-refractivity contribution >= 4 is 11.7 Å². The van der Waals surface area contributed by atoms with Crippen molar-refractivity contribution < 1.29 is 14.7 Å². The number of piperidine rings is 1. The molecule has 1 amide bonds. The van der Waals surface area contributed by atoms with Gasteiger partial charge in [0.05, 0.1) is 11.8 Å². The molecule has 2 heterocycles. The van der Waals surface area contributed by atoms with Crippen LogP contribution in [0.2, 0.25) is 0 Å². The van der Waals surface area contributed by atoms with E-state index in [0.717, 1.165) is 19.3 Å². The smallest absolute Gasteiger partial charge is 0.257 e. The summed E-state index contributed by atoms with van der Waals surface area (Å²) in [6, 6.07) is 1.46. The normalized spacial score (nSPS) is 19.2. The minimum atomic E-state index is -0.217. The summed E-state index contributed by atoms with van der Waals surface area (Å²) in [6.07, 6.45) is 5.94. The Morgan fingerprint density at radius 2 is 2.26 bits per heavy atom. The van der Waals surface area contributed by atoms with Gasteiger partial charge in [0.15, 0.2) is 0 Å². The zero-order valence-electron chi connectivity index (χ0n) is 11.0. The van der Waals surface area contributed by atoms with E-state index < -0.39 is 0 Å². The van der Waals surface area contributed by atoms with Gasteiger partial charge in [0.2, 0.25) is 0 Å². The third kappa shape index (κ3) is 3.10. The highest BCUT2D eigenvalue weighted by molar-refractivity contribution is 5.97. The third-order valence-corrected chi connectivity index (χ3v) is 3.44. The summed E-state index contributed by atoms with van der Waals surface area (Å²) in [5, 5.41) is 9.70. The molecule has 5 nitrogen and oxygen atoms in total. The van der Waals surface area contributed by atoms with Crippen molar-refractivity contribution in [3.8, 4) is 5.75 Å². The molecule has 1 aliphatic rings. The second kappa shape index (κ2) is 5.82. The number of likely N-dealkylation sites (tertiary alicyclic amines) is 1. The molecule has 0 radical (unpaired) electrons. The first-order valence-electron chi connectivity index (χ1n) is 6.53. The predicted octanol–water partition coefficient (Wildman–Crippen LogP) is 1.76. The van der Waals surface area contributed by atoms with Gasteiger partial charge in [-0.1, -0.05) is 0 Å². The number of ketones is 1. The molecule has 1 atom stereocenters. The molecule has 1 unspecified atom stereocenters. The second-order valence-electron chi connectivity index (χ2n) is 4.95. The minimum Gasteiger partial charge on any atom is -0.505 e. The maximum Gasteiger partial charge on any atom is 0.257 e. The highest BCUT2D eigenvalue weighted by Gasteiger charge is 2.29. The molecule has 1 aromatic rings. The van der Waals surface area contributed by atoms with Crippen molar-refractivity contribution in [2.75, 3.05) is 6.54 Å². The monoisotopic (exact) mass is 262 g/mol. The van der Waals surface area contributed by atoms with E-state index in [9.17, 15) is 14.7 Å². The second-order valence-corrected chi connectivity index (χ2v) is 4.95. The van der Waals surface area contributed by atoms with Gasteiger partial charge in [0.1, 0.15) is 11.5 Å². The van der Waals surface area contributed by atoms with Crippen LogP contribution in [0.15, 0.2) is 18.5 Å². The Morgan fingerprint density at radius 1 is 1.47 bits per heavy atom. The molecule has 1 aromatic heterocycles. The van der Waals surface area contributed by atoms with E-state index in [1.54, 1.807) is 11.8 Å². The van der Waals surface area contributed by atoms with Crippen molar-refractivity contribution in [2.24, 2.45) is 0 Å². The van der Waals surface area contributed by atoms with Crippen LogP contribution < -0.4 is 0 Å². The highest BCUT2D eigenvalue weighted by Crippen LogP contribution is 2.24. The van der Waals surface area contributed by atoms with Gasteiger partial charge in [0, 0.05) is 25.2 Å². The van der Waals surface area contributed by atoms with E-state index in [-0.39, 0.29) is 29.0 Å². The van der Waals surface area contributed by atoms with E-state index in [4.69, 9.17) is 0 Å². The molecule has 0 spiro atoms. The summed E-state index contributed by atoms with van der Waals surface area (Å²) in [7, 11) is 0. The molecular weight excluding hydrogens is 244 g/mol. The molecule has 19 heavy (non-hydrogen) atoms. The van der Waals surface area contributed by atoms with Crippen LogP contribution >= 0.6 is 0 Å². The number of amides is 1. The number of nitrogens with zero attached hydrogens (tertiary/aromatic N) is 2. The lowest BCUT2D eigenvalue weighted by atomic mass is 9.97. The molecule has 2 rings (SSSR count). The molecule has 1 fully saturated rings. The fraction of sp³-hybridized carbons (Fsp3) is 0.500. The van der Waals surface area contributed by atoms with Crippen molar-refractivity contribution in [1.29, 1.82) is 0 Å². The van der Waals surface area contributed by atoms with Crippen LogP contribution in [-0.4, -0.2) is 39.3 Å². The average Bonchev–Trinajstić information content (AvgIpc) is 2.38. The summed E-state index contributed by atoms with van der Waals surface area (Å²) in [5.74, 6) is -0.242. The predicted molar refractivity (Wildman–Crippen MR) is 69.9 cm³/mol.